The molecule has 2 aliphatic rings. The van der Waals surface area contributed by atoms with Gasteiger partial charge in [0, 0.05) is 5.54 Å². The molecule has 24 heavy (non-hydrogen) atoms. The zero-order chi connectivity index (χ0) is 17.0. The molecule has 0 aliphatic heterocycles. The van der Waals surface area contributed by atoms with Crippen molar-refractivity contribution in [3.63, 3.8) is 0 Å². The van der Waals surface area contributed by atoms with Gasteiger partial charge >= 0.3 is 0 Å². The number of allylic oxidation sites excluding steroid dienone is 2. The predicted octanol–water partition coefficient (Wildman–Crippen LogP) is 5.91. The fourth-order valence-corrected chi connectivity index (χ4v) is 4.73. The molecule has 0 unspecified atom stereocenters. The van der Waals surface area contributed by atoms with Crippen LogP contribution in [0.15, 0.2) is 30.4 Å². The average molecular weight is 326 g/mol. The predicted molar refractivity (Wildman–Crippen MR) is 104 cm³/mol. The van der Waals surface area contributed by atoms with Gasteiger partial charge in [-0.15, -0.1) is 0 Å². The van der Waals surface area contributed by atoms with Gasteiger partial charge in [0.15, 0.2) is 0 Å². The van der Waals surface area contributed by atoms with E-state index in [-0.39, 0.29) is 5.54 Å². The van der Waals surface area contributed by atoms with E-state index in [1.165, 1.54) is 57.8 Å². The zero-order valence-corrected chi connectivity index (χ0v) is 15.7. The third kappa shape index (κ3) is 4.11. The van der Waals surface area contributed by atoms with Gasteiger partial charge in [-0.25, -0.2) is 0 Å². The van der Waals surface area contributed by atoms with Gasteiger partial charge in [-0.1, -0.05) is 44.2 Å². The maximum Gasteiger partial charge on any atom is 0.0157 e. The van der Waals surface area contributed by atoms with Crippen molar-refractivity contribution in [2.45, 2.75) is 89.5 Å². The van der Waals surface area contributed by atoms with Crippen molar-refractivity contribution in [1.29, 1.82) is 0 Å². The van der Waals surface area contributed by atoms with Crippen LogP contribution in [-0.4, -0.2) is 5.54 Å². The van der Waals surface area contributed by atoms with Gasteiger partial charge in [0.25, 0.3) is 0 Å². The standard InChI is InChI=1S/C23H35N/c1-3-5-6-7-8-18-9-10-20-16-21(12-11-19(20)15-18)22-13-14-23(24,4-2)17-22/h5-6,11-12,16,18,22H,3-4,7-10,13-15,17,24H2,1-2H3/b6-5+/t18-,22-,23+/m0/s1. The summed E-state index contributed by atoms with van der Waals surface area (Å²) in [5.74, 6) is 1.57. The van der Waals surface area contributed by atoms with Gasteiger partial charge < -0.3 is 5.73 Å². The Bertz CT molecular complexity index is 573. The van der Waals surface area contributed by atoms with Gasteiger partial charge in [0.05, 0.1) is 0 Å². The lowest BCUT2D eigenvalue weighted by Crippen LogP contribution is -2.35. The molecule has 3 rings (SSSR count). The van der Waals surface area contributed by atoms with E-state index in [1.807, 2.05) is 0 Å². The molecule has 1 saturated carbocycles. The van der Waals surface area contributed by atoms with Crippen molar-refractivity contribution in [2.24, 2.45) is 11.7 Å². The van der Waals surface area contributed by atoms with Crippen molar-refractivity contribution in [2.75, 3.05) is 0 Å². The van der Waals surface area contributed by atoms with Crippen LogP contribution in [0.1, 0.15) is 87.8 Å². The van der Waals surface area contributed by atoms with Crippen molar-refractivity contribution >= 4 is 0 Å². The SMILES string of the molecule is CC/C=C/CC[C@H]1CCc2cc([C@H]3CC[C@](N)(CC)C3)ccc2C1. The summed E-state index contributed by atoms with van der Waals surface area (Å²) in [6.07, 6.45) is 17.1. The fraction of sp³-hybridized carbons (Fsp3) is 0.652. The lowest BCUT2D eigenvalue weighted by atomic mass is 9.80. The molecule has 0 heterocycles. The number of rotatable bonds is 6. The molecule has 0 radical (unpaired) electrons. The minimum Gasteiger partial charge on any atom is -0.325 e. The Morgan fingerprint density at radius 2 is 2.04 bits per heavy atom. The first-order chi connectivity index (χ1) is 11.6. The molecule has 2 aliphatic carbocycles. The summed E-state index contributed by atoms with van der Waals surface area (Å²) in [6.45, 7) is 4.45. The van der Waals surface area contributed by atoms with Gasteiger partial charge in [-0.2, -0.15) is 0 Å². The van der Waals surface area contributed by atoms with E-state index in [9.17, 15) is 0 Å². The number of nitrogens with two attached hydrogens (primary N) is 1. The van der Waals surface area contributed by atoms with Crippen molar-refractivity contribution in [1.82, 2.24) is 0 Å². The normalized spacial score (nSPS) is 30.0. The monoisotopic (exact) mass is 325 g/mol. The second-order valence-electron chi connectivity index (χ2n) is 8.25. The van der Waals surface area contributed by atoms with Gasteiger partial charge in [-0.05, 0) is 92.7 Å². The number of hydrogen-bond acceptors (Lipinski definition) is 1. The van der Waals surface area contributed by atoms with Gasteiger partial charge in [0.2, 0.25) is 0 Å². The number of hydrogen-bond donors (Lipinski definition) is 1. The smallest absolute Gasteiger partial charge is 0.0157 e. The number of benzene rings is 1. The maximum absolute atomic E-state index is 6.50. The second-order valence-corrected chi connectivity index (χ2v) is 8.25. The first-order valence-electron chi connectivity index (χ1n) is 10.2. The topological polar surface area (TPSA) is 26.0 Å². The Balaban J connectivity index is 1.61. The molecular formula is C23H35N. The van der Waals surface area contributed by atoms with E-state index in [0.717, 1.165) is 12.3 Å². The first kappa shape index (κ1) is 17.7. The van der Waals surface area contributed by atoms with Crippen LogP contribution < -0.4 is 5.73 Å². The Morgan fingerprint density at radius 3 is 2.79 bits per heavy atom. The van der Waals surface area contributed by atoms with Crippen LogP contribution in [0.5, 0.6) is 0 Å². The molecule has 1 fully saturated rings. The molecule has 132 valence electrons. The van der Waals surface area contributed by atoms with E-state index < -0.39 is 0 Å². The quantitative estimate of drug-likeness (QED) is 0.646. The first-order valence-corrected chi connectivity index (χ1v) is 10.2. The largest absolute Gasteiger partial charge is 0.325 e. The number of aryl methyl sites for hydroxylation is 1. The summed E-state index contributed by atoms with van der Waals surface area (Å²) in [5, 5.41) is 0. The van der Waals surface area contributed by atoms with Gasteiger partial charge in [-0.3, -0.25) is 0 Å². The van der Waals surface area contributed by atoms with Crippen LogP contribution in [0.25, 0.3) is 0 Å². The highest BCUT2D eigenvalue weighted by molar-refractivity contribution is 5.36. The third-order valence-corrected chi connectivity index (χ3v) is 6.52. The van der Waals surface area contributed by atoms with Crippen LogP contribution >= 0.6 is 0 Å². The molecule has 1 nitrogen and oxygen atoms in total. The summed E-state index contributed by atoms with van der Waals surface area (Å²) in [4.78, 5) is 0. The highest BCUT2D eigenvalue weighted by Gasteiger charge is 2.35. The second kappa shape index (κ2) is 7.87. The highest BCUT2D eigenvalue weighted by Crippen LogP contribution is 2.42. The minimum absolute atomic E-state index is 0.0949. The summed E-state index contributed by atoms with van der Waals surface area (Å²) < 4.78 is 0. The molecule has 0 spiro atoms. The molecular weight excluding hydrogens is 290 g/mol. The van der Waals surface area contributed by atoms with E-state index in [4.69, 9.17) is 5.73 Å². The lowest BCUT2D eigenvalue weighted by molar-refractivity contribution is 0.417. The van der Waals surface area contributed by atoms with Crippen LogP contribution in [0.4, 0.5) is 0 Å². The van der Waals surface area contributed by atoms with Crippen molar-refractivity contribution < 1.29 is 0 Å². The Kier molecular flexibility index (Phi) is 5.81. The minimum atomic E-state index is 0.0949. The highest BCUT2D eigenvalue weighted by atomic mass is 14.8. The molecule has 0 bridgehead atoms. The van der Waals surface area contributed by atoms with Crippen molar-refractivity contribution in [3.8, 4) is 0 Å². The molecule has 0 aromatic heterocycles. The summed E-state index contributed by atoms with van der Waals surface area (Å²) >= 11 is 0. The van der Waals surface area contributed by atoms with E-state index in [2.05, 4.69) is 44.2 Å². The average Bonchev–Trinajstić information content (AvgIpc) is 3.01. The van der Waals surface area contributed by atoms with Crippen LogP contribution in [0.2, 0.25) is 0 Å². The molecule has 1 heteroatoms. The summed E-state index contributed by atoms with van der Waals surface area (Å²) in [6, 6.07) is 7.36. The molecule has 3 atom stereocenters. The zero-order valence-electron chi connectivity index (χ0n) is 15.7. The number of fused-ring (bicyclic) bond motifs is 1. The third-order valence-electron chi connectivity index (χ3n) is 6.52. The Hall–Kier alpha value is -1.08. The lowest BCUT2D eigenvalue weighted by Gasteiger charge is -2.26. The molecule has 0 amide bonds. The molecule has 2 N–H and O–H groups in total. The summed E-state index contributed by atoms with van der Waals surface area (Å²) in [5.41, 5.74) is 11.4. The van der Waals surface area contributed by atoms with Crippen LogP contribution in [0.3, 0.4) is 0 Å². The Morgan fingerprint density at radius 1 is 1.17 bits per heavy atom. The molecule has 1 aromatic carbocycles. The van der Waals surface area contributed by atoms with E-state index in [1.54, 1.807) is 16.7 Å². The van der Waals surface area contributed by atoms with E-state index >= 15 is 0 Å². The summed E-state index contributed by atoms with van der Waals surface area (Å²) in [7, 11) is 0. The molecule has 1 aromatic rings. The molecule has 0 saturated heterocycles. The Labute approximate surface area is 148 Å². The van der Waals surface area contributed by atoms with E-state index in [0.29, 0.717) is 5.92 Å². The fourth-order valence-electron chi connectivity index (χ4n) is 4.73. The van der Waals surface area contributed by atoms with Gasteiger partial charge in [0.1, 0.15) is 0 Å². The van der Waals surface area contributed by atoms with Crippen LogP contribution in [-0.2, 0) is 12.8 Å². The maximum atomic E-state index is 6.50. The van der Waals surface area contributed by atoms with Crippen LogP contribution in [0, 0.1) is 5.92 Å². The van der Waals surface area contributed by atoms with Crippen molar-refractivity contribution in [3.05, 3.63) is 47.0 Å².